The summed E-state index contributed by atoms with van der Waals surface area (Å²) >= 11 is 0. The molecule has 4 rings (SSSR count). The van der Waals surface area contributed by atoms with Crippen molar-refractivity contribution in [2.24, 2.45) is 0 Å². The molecule has 154 valence electrons. The van der Waals surface area contributed by atoms with E-state index in [1.54, 1.807) is 36.4 Å². The molecule has 0 unspecified atom stereocenters. The monoisotopic (exact) mass is 411 g/mol. The Balaban J connectivity index is 1.51. The van der Waals surface area contributed by atoms with Gasteiger partial charge in [0.25, 0.3) is 5.91 Å². The number of nitrogens with zero attached hydrogens (tertiary/aromatic N) is 2. The number of ether oxygens (including phenoxy) is 2. The van der Waals surface area contributed by atoms with E-state index in [2.05, 4.69) is 15.3 Å². The Morgan fingerprint density at radius 3 is 2.55 bits per heavy atom. The Kier molecular flexibility index (Phi) is 6.18. The first kappa shape index (κ1) is 20.1. The first-order valence-electron chi connectivity index (χ1n) is 9.91. The standard InChI is InChI=1S/C25H21N3O3/c1-2-30-23-14-7-6-13-21(23)28-25(29)19-11-8-12-20(15-19)31-24-16-22(26-17-27-24)18-9-4-3-5-10-18/h3-17H,2H2,1H3,(H,28,29). The topological polar surface area (TPSA) is 73.3 Å². The molecule has 0 fully saturated rings. The lowest BCUT2D eigenvalue weighted by molar-refractivity contribution is 0.102. The molecule has 0 radical (unpaired) electrons. The normalized spacial score (nSPS) is 10.4. The maximum absolute atomic E-state index is 12.8. The third-order valence-corrected chi connectivity index (χ3v) is 4.47. The molecule has 6 nitrogen and oxygen atoms in total. The molecule has 1 amide bonds. The molecule has 3 aromatic carbocycles. The predicted molar refractivity (Wildman–Crippen MR) is 120 cm³/mol. The van der Waals surface area contributed by atoms with Gasteiger partial charge in [-0.3, -0.25) is 4.79 Å². The molecule has 1 N–H and O–H groups in total. The van der Waals surface area contributed by atoms with E-state index in [1.165, 1.54) is 6.33 Å². The van der Waals surface area contributed by atoms with Crippen molar-refractivity contribution in [1.29, 1.82) is 0 Å². The Bertz CT molecular complexity index is 1180. The summed E-state index contributed by atoms with van der Waals surface area (Å²) in [4.78, 5) is 21.3. The van der Waals surface area contributed by atoms with Crippen LogP contribution in [0.25, 0.3) is 11.3 Å². The third kappa shape index (κ3) is 5.05. The quantitative estimate of drug-likeness (QED) is 0.429. The Morgan fingerprint density at radius 1 is 0.903 bits per heavy atom. The van der Waals surface area contributed by atoms with Crippen LogP contribution in [0.4, 0.5) is 5.69 Å². The van der Waals surface area contributed by atoms with Crippen LogP contribution in [0.1, 0.15) is 17.3 Å². The van der Waals surface area contributed by atoms with Crippen LogP contribution in [-0.2, 0) is 0 Å². The number of para-hydroxylation sites is 2. The first-order chi connectivity index (χ1) is 15.2. The SMILES string of the molecule is CCOc1ccccc1NC(=O)c1cccc(Oc2cc(-c3ccccc3)ncn2)c1. The second-order valence-electron chi connectivity index (χ2n) is 6.62. The lowest BCUT2D eigenvalue weighted by Crippen LogP contribution is -2.13. The van der Waals surface area contributed by atoms with Crippen molar-refractivity contribution >= 4 is 11.6 Å². The second kappa shape index (κ2) is 9.54. The molecular weight excluding hydrogens is 390 g/mol. The third-order valence-electron chi connectivity index (χ3n) is 4.47. The predicted octanol–water partition coefficient (Wildman–Crippen LogP) is 5.59. The maximum Gasteiger partial charge on any atom is 0.255 e. The number of nitrogens with one attached hydrogen (secondary N) is 1. The van der Waals surface area contributed by atoms with Gasteiger partial charge in [0, 0.05) is 17.2 Å². The van der Waals surface area contributed by atoms with Gasteiger partial charge in [0.2, 0.25) is 5.88 Å². The van der Waals surface area contributed by atoms with Crippen LogP contribution in [0.3, 0.4) is 0 Å². The van der Waals surface area contributed by atoms with Crippen molar-refractivity contribution in [3.05, 3.63) is 96.8 Å². The van der Waals surface area contributed by atoms with Gasteiger partial charge < -0.3 is 14.8 Å². The maximum atomic E-state index is 12.8. The largest absolute Gasteiger partial charge is 0.492 e. The van der Waals surface area contributed by atoms with Gasteiger partial charge in [-0.2, -0.15) is 0 Å². The number of rotatable bonds is 7. The zero-order valence-electron chi connectivity index (χ0n) is 17.0. The number of amides is 1. The van der Waals surface area contributed by atoms with Gasteiger partial charge in [0.1, 0.15) is 17.8 Å². The zero-order chi connectivity index (χ0) is 21.5. The van der Waals surface area contributed by atoms with E-state index < -0.39 is 0 Å². The Labute approximate surface area is 180 Å². The van der Waals surface area contributed by atoms with Gasteiger partial charge in [-0.15, -0.1) is 0 Å². The molecule has 0 saturated heterocycles. The number of aromatic nitrogens is 2. The zero-order valence-corrected chi connectivity index (χ0v) is 17.0. The van der Waals surface area contributed by atoms with Gasteiger partial charge in [-0.25, -0.2) is 9.97 Å². The average Bonchev–Trinajstić information content (AvgIpc) is 2.81. The number of anilines is 1. The first-order valence-corrected chi connectivity index (χ1v) is 9.91. The summed E-state index contributed by atoms with van der Waals surface area (Å²) in [6.45, 7) is 2.41. The molecule has 1 aromatic heterocycles. The van der Waals surface area contributed by atoms with Crippen molar-refractivity contribution in [2.45, 2.75) is 6.92 Å². The molecule has 1 heterocycles. The molecule has 0 aliphatic heterocycles. The van der Waals surface area contributed by atoms with Crippen LogP contribution >= 0.6 is 0 Å². The summed E-state index contributed by atoms with van der Waals surface area (Å²) in [5.74, 6) is 1.27. The van der Waals surface area contributed by atoms with E-state index >= 15 is 0 Å². The van der Waals surface area contributed by atoms with Crippen molar-refractivity contribution in [2.75, 3.05) is 11.9 Å². The summed E-state index contributed by atoms with van der Waals surface area (Å²) in [6.07, 6.45) is 1.46. The molecule has 0 bridgehead atoms. The molecule has 4 aromatic rings. The molecule has 0 aliphatic rings. The van der Waals surface area contributed by atoms with Crippen molar-refractivity contribution < 1.29 is 14.3 Å². The average molecular weight is 411 g/mol. The molecular formula is C25H21N3O3. The summed E-state index contributed by atoms with van der Waals surface area (Å²) in [5.41, 5.74) is 2.80. The lowest BCUT2D eigenvalue weighted by Gasteiger charge is -2.12. The lowest BCUT2D eigenvalue weighted by atomic mass is 10.1. The van der Waals surface area contributed by atoms with Crippen LogP contribution in [0.2, 0.25) is 0 Å². The van der Waals surface area contributed by atoms with E-state index in [-0.39, 0.29) is 5.91 Å². The van der Waals surface area contributed by atoms with E-state index in [0.29, 0.717) is 35.2 Å². The minimum Gasteiger partial charge on any atom is -0.492 e. The molecule has 31 heavy (non-hydrogen) atoms. The molecule has 6 heteroatoms. The van der Waals surface area contributed by atoms with Crippen LogP contribution in [0, 0.1) is 0 Å². The summed E-state index contributed by atoms with van der Waals surface area (Å²) < 4.78 is 11.5. The van der Waals surface area contributed by atoms with E-state index in [4.69, 9.17) is 9.47 Å². The number of hydrogen-bond donors (Lipinski definition) is 1. The van der Waals surface area contributed by atoms with Gasteiger partial charge in [-0.1, -0.05) is 48.5 Å². The fourth-order valence-corrected chi connectivity index (χ4v) is 3.03. The van der Waals surface area contributed by atoms with Gasteiger partial charge in [-0.05, 0) is 37.3 Å². The highest BCUT2D eigenvalue weighted by atomic mass is 16.5. The minimum absolute atomic E-state index is 0.259. The highest BCUT2D eigenvalue weighted by Gasteiger charge is 2.11. The van der Waals surface area contributed by atoms with Gasteiger partial charge >= 0.3 is 0 Å². The smallest absolute Gasteiger partial charge is 0.255 e. The molecule has 0 spiro atoms. The number of carbonyl (C=O) groups excluding carboxylic acids is 1. The Morgan fingerprint density at radius 2 is 1.71 bits per heavy atom. The highest BCUT2D eigenvalue weighted by Crippen LogP contribution is 2.26. The molecule has 0 saturated carbocycles. The Hall–Kier alpha value is -4.19. The van der Waals surface area contributed by atoms with E-state index in [9.17, 15) is 4.79 Å². The van der Waals surface area contributed by atoms with Crippen LogP contribution in [0.5, 0.6) is 17.4 Å². The van der Waals surface area contributed by atoms with E-state index in [1.807, 2.05) is 55.5 Å². The summed E-state index contributed by atoms with van der Waals surface area (Å²) in [6, 6.07) is 25.8. The molecule has 0 atom stereocenters. The fourth-order valence-electron chi connectivity index (χ4n) is 3.03. The van der Waals surface area contributed by atoms with Gasteiger partial charge in [0.05, 0.1) is 18.0 Å². The van der Waals surface area contributed by atoms with Crippen molar-refractivity contribution in [1.82, 2.24) is 9.97 Å². The van der Waals surface area contributed by atoms with E-state index in [0.717, 1.165) is 11.3 Å². The van der Waals surface area contributed by atoms with Crippen molar-refractivity contribution in [3.8, 4) is 28.6 Å². The number of carbonyl (C=O) groups is 1. The number of benzene rings is 3. The minimum atomic E-state index is -0.259. The highest BCUT2D eigenvalue weighted by molar-refractivity contribution is 6.05. The number of hydrogen-bond acceptors (Lipinski definition) is 5. The fraction of sp³-hybridized carbons (Fsp3) is 0.0800. The summed E-state index contributed by atoms with van der Waals surface area (Å²) in [7, 11) is 0. The summed E-state index contributed by atoms with van der Waals surface area (Å²) in [5, 5.41) is 2.89. The van der Waals surface area contributed by atoms with Gasteiger partial charge in [0.15, 0.2) is 0 Å². The van der Waals surface area contributed by atoms with Crippen LogP contribution < -0.4 is 14.8 Å². The van der Waals surface area contributed by atoms with Crippen molar-refractivity contribution in [3.63, 3.8) is 0 Å². The second-order valence-corrected chi connectivity index (χ2v) is 6.62. The molecule has 0 aliphatic carbocycles. The van der Waals surface area contributed by atoms with Crippen LogP contribution in [-0.4, -0.2) is 22.5 Å². The van der Waals surface area contributed by atoms with Crippen LogP contribution in [0.15, 0.2) is 91.3 Å².